The lowest BCUT2D eigenvalue weighted by Gasteiger charge is -2.32. The van der Waals surface area contributed by atoms with Crippen LogP contribution < -0.4 is 5.32 Å². The van der Waals surface area contributed by atoms with E-state index in [1.807, 2.05) is 48.2 Å². The van der Waals surface area contributed by atoms with Gasteiger partial charge >= 0.3 is 0 Å². The molecule has 2 aromatic carbocycles. The van der Waals surface area contributed by atoms with Gasteiger partial charge in [0.15, 0.2) is 0 Å². The number of carbonyl (C=O) groups is 1. The Morgan fingerprint density at radius 2 is 1.78 bits per heavy atom. The van der Waals surface area contributed by atoms with Crippen LogP contribution in [0.5, 0.6) is 0 Å². The van der Waals surface area contributed by atoms with E-state index in [1.165, 1.54) is 11.1 Å². The van der Waals surface area contributed by atoms with Crippen molar-refractivity contribution >= 4 is 23.4 Å². The number of anilines is 1. The fourth-order valence-corrected chi connectivity index (χ4v) is 3.82. The molecule has 1 aliphatic rings. The fourth-order valence-electron chi connectivity index (χ4n) is 3.19. The first-order valence-electron chi connectivity index (χ1n) is 9.62. The normalized spacial score (nSPS) is 15.6. The molecule has 1 fully saturated rings. The minimum atomic E-state index is -0.0542. The van der Waals surface area contributed by atoms with Crippen molar-refractivity contribution in [3.8, 4) is 0 Å². The molecule has 0 aliphatic carbocycles. The van der Waals surface area contributed by atoms with Crippen molar-refractivity contribution in [2.45, 2.75) is 19.2 Å². The summed E-state index contributed by atoms with van der Waals surface area (Å²) in [5.74, 6) is 2.04. The highest BCUT2D eigenvalue weighted by atomic mass is 32.2. The van der Waals surface area contributed by atoms with E-state index >= 15 is 0 Å². The van der Waals surface area contributed by atoms with Crippen molar-refractivity contribution < 1.29 is 4.79 Å². The minimum absolute atomic E-state index is 0.0542. The van der Waals surface area contributed by atoms with Gasteiger partial charge in [-0.25, -0.2) is 0 Å². The summed E-state index contributed by atoms with van der Waals surface area (Å²) in [7, 11) is 2.17. The summed E-state index contributed by atoms with van der Waals surface area (Å²) in [6.45, 7) is 7.50. The van der Waals surface area contributed by atoms with Gasteiger partial charge in [0.1, 0.15) is 0 Å². The van der Waals surface area contributed by atoms with Crippen LogP contribution in [0.2, 0.25) is 0 Å². The quantitative estimate of drug-likeness (QED) is 0.786. The van der Waals surface area contributed by atoms with Gasteiger partial charge in [0, 0.05) is 49.7 Å². The summed E-state index contributed by atoms with van der Waals surface area (Å²) >= 11 is 1.89. The lowest BCUT2D eigenvalue weighted by atomic mass is 10.1. The number of rotatable bonds is 7. The number of amides is 1. The lowest BCUT2D eigenvalue weighted by molar-refractivity contribution is 0.102. The van der Waals surface area contributed by atoms with Crippen LogP contribution in [0.4, 0.5) is 5.69 Å². The highest BCUT2D eigenvalue weighted by Crippen LogP contribution is 2.16. The molecule has 1 N–H and O–H groups in total. The molecule has 0 bridgehead atoms. The third-order valence-corrected chi connectivity index (χ3v) is 5.82. The van der Waals surface area contributed by atoms with Crippen LogP contribution >= 0.6 is 11.8 Å². The zero-order chi connectivity index (χ0) is 19.1. The van der Waals surface area contributed by atoms with E-state index in [1.54, 1.807) is 0 Å². The Hall–Kier alpha value is -1.82. The Labute approximate surface area is 166 Å². The molecule has 0 atom stereocenters. The maximum absolute atomic E-state index is 12.5. The second-order valence-corrected chi connectivity index (χ2v) is 8.34. The topological polar surface area (TPSA) is 35.6 Å². The molecule has 4 nitrogen and oxygen atoms in total. The Morgan fingerprint density at radius 3 is 2.48 bits per heavy atom. The molecular formula is C22H29N3OS. The summed E-state index contributed by atoms with van der Waals surface area (Å²) in [4.78, 5) is 17.4. The summed E-state index contributed by atoms with van der Waals surface area (Å²) in [5.41, 5.74) is 4.05. The Bertz CT molecular complexity index is 739. The molecule has 144 valence electrons. The number of thioether (sulfide) groups is 1. The fraction of sp³-hybridized carbons (Fsp3) is 0.409. The molecule has 1 aliphatic heterocycles. The Balaban J connectivity index is 1.57. The van der Waals surface area contributed by atoms with Crippen molar-refractivity contribution in [3.05, 3.63) is 65.2 Å². The maximum atomic E-state index is 12.5. The smallest absolute Gasteiger partial charge is 0.255 e. The molecule has 5 heteroatoms. The maximum Gasteiger partial charge on any atom is 0.255 e. The molecule has 3 rings (SSSR count). The van der Waals surface area contributed by atoms with E-state index in [2.05, 4.69) is 41.2 Å². The standard InChI is InChI=1S/C22H29N3OS/c1-3-27-17-18-7-9-20(10-8-18)22(26)23-21-6-4-5-19(15-21)16-25-13-11-24(2)12-14-25/h4-10,15H,3,11-14,16-17H2,1-2H3,(H,23,26). The van der Waals surface area contributed by atoms with Crippen LogP contribution in [0.1, 0.15) is 28.4 Å². The molecule has 0 spiro atoms. The Morgan fingerprint density at radius 1 is 1.04 bits per heavy atom. The molecule has 1 amide bonds. The average molecular weight is 384 g/mol. The van der Waals surface area contributed by atoms with E-state index in [0.29, 0.717) is 5.56 Å². The van der Waals surface area contributed by atoms with Gasteiger partial charge in [-0.05, 0) is 48.2 Å². The summed E-state index contributed by atoms with van der Waals surface area (Å²) < 4.78 is 0. The van der Waals surface area contributed by atoms with Gasteiger partial charge in [-0.1, -0.05) is 31.2 Å². The van der Waals surface area contributed by atoms with Crippen LogP contribution in [0.15, 0.2) is 48.5 Å². The van der Waals surface area contributed by atoms with Crippen LogP contribution in [0.25, 0.3) is 0 Å². The van der Waals surface area contributed by atoms with Gasteiger partial charge < -0.3 is 10.2 Å². The van der Waals surface area contributed by atoms with Crippen molar-refractivity contribution in [3.63, 3.8) is 0 Å². The van der Waals surface area contributed by atoms with E-state index in [0.717, 1.165) is 49.9 Å². The molecular weight excluding hydrogens is 354 g/mol. The van der Waals surface area contributed by atoms with Crippen LogP contribution in [0, 0.1) is 0 Å². The number of nitrogens with zero attached hydrogens (tertiary/aromatic N) is 2. The third kappa shape index (κ3) is 6.09. The van der Waals surface area contributed by atoms with Crippen LogP contribution in [-0.2, 0) is 12.3 Å². The number of hydrogen-bond donors (Lipinski definition) is 1. The first kappa shape index (κ1) is 19.9. The summed E-state index contributed by atoms with van der Waals surface area (Å²) in [5, 5.41) is 3.03. The molecule has 1 saturated heterocycles. The van der Waals surface area contributed by atoms with E-state index in [9.17, 15) is 4.79 Å². The predicted molar refractivity (Wildman–Crippen MR) is 115 cm³/mol. The van der Waals surface area contributed by atoms with E-state index < -0.39 is 0 Å². The molecule has 0 saturated carbocycles. The SMILES string of the molecule is CCSCc1ccc(C(=O)Nc2cccc(CN3CCN(C)CC3)c2)cc1. The first-order valence-corrected chi connectivity index (χ1v) is 10.8. The molecule has 27 heavy (non-hydrogen) atoms. The molecule has 0 aromatic heterocycles. The predicted octanol–water partition coefficient (Wildman–Crippen LogP) is 3.94. The van der Waals surface area contributed by atoms with Gasteiger partial charge in [-0.15, -0.1) is 0 Å². The highest BCUT2D eigenvalue weighted by molar-refractivity contribution is 7.98. The molecule has 0 radical (unpaired) electrons. The number of likely N-dealkylation sites (N-methyl/N-ethyl adjacent to an activating group) is 1. The highest BCUT2D eigenvalue weighted by Gasteiger charge is 2.14. The number of hydrogen-bond acceptors (Lipinski definition) is 4. The van der Waals surface area contributed by atoms with Crippen molar-refractivity contribution in [1.29, 1.82) is 0 Å². The van der Waals surface area contributed by atoms with Crippen LogP contribution in [-0.4, -0.2) is 54.7 Å². The van der Waals surface area contributed by atoms with Crippen molar-refractivity contribution in [2.75, 3.05) is 44.3 Å². The largest absolute Gasteiger partial charge is 0.322 e. The summed E-state index contributed by atoms with van der Waals surface area (Å²) in [6.07, 6.45) is 0. The second-order valence-electron chi connectivity index (χ2n) is 7.07. The van der Waals surface area contributed by atoms with Crippen LogP contribution in [0.3, 0.4) is 0 Å². The van der Waals surface area contributed by atoms with E-state index in [4.69, 9.17) is 0 Å². The zero-order valence-electron chi connectivity index (χ0n) is 16.3. The monoisotopic (exact) mass is 383 g/mol. The van der Waals surface area contributed by atoms with Gasteiger partial charge in [0.2, 0.25) is 0 Å². The van der Waals surface area contributed by atoms with Crippen molar-refractivity contribution in [2.24, 2.45) is 0 Å². The first-order chi connectivity index (χ1) is 13.1. The average Bonchev–Trinajstić information content (AvgIpc) is 2.69. The number of carbonyl (C=O) groups excluding carboxylic acids is 1. The number of piperazine rings is 1. The van der Waals surface area contributed by atoms with Gasteiger partial charge in [0.25, 0.3) is 5.91 Å². The van der Waals surface area contributed by atoms with Gasteiger partial charge in [-0.3, -0.25) is 9.69 Å². The molecule has 1 heterocycles. The molecule has 2 aromatic rings. The Kier molecular flexibility index (Phi) is 7.33. The number of benzene rings is 2. The van der Waals surface area contributed by atoms with Crippen molar-refractivity contribution in [1.82, 2.24) is 9.80 Å². The second kappa shape index (κ2) is 9.93. The minimum Gasteiger partial charge on any atom is -0.322 e. The van der Waals surface area contributed by atoms with Gasteiger partial charge in [0.05, 0.1) is 0 Å². The number of nitrogens with one attached hydrogen (secondary N) is 1. The van der Waals surface area contributed by atoms with Gasteiger partial charge in [-0.2, -0.15) is 11.8 Å². The zero-order valence-corrected chi connectivity index (χ0v) is 17.1. The lowest BCUT2D eigenvalue weighted by Crippen LogP contribution is -2.43. The molecule has 0 unspecified atom stereocenters. The van der Waals surface area contributed by atoms with E-state index in [-0.39, 0.29) is 5.91 Å². The third-order valence-electron chi connectivity index (χ3n) is 4.88. The summed E-state index contributed by atoms with van der Waals surface area (Å²) in [6, 6.07) is 16.1.